The number of aliphatic imine (C=N–C) groups is 1. The molecule has 0 saturated heterocycles. The van der Waals surface area contributed by atoms with Crippen molar-refractivity contribution in [2.24, 2.45) is 4.99 Å². The van der Waals surface area contributed by atoms with Crippen molar-refractivity contribution in [2.75, 3.05) is 6.61 Å². The maximum atomic E-state index is 10.7. The molecule has 0 aromatic carbocycles. The molecule has 0 aliphatic carbocycles. The lowest BCUT2D eigenvalue weighted by Gasteiger charge is -2.23. The van der Waals surface area contributed by atoms with Gasteiger partial charge in [-0.1, -0.05) is 0 Å². The molecule has 1 aliphatic rings. The number of aliphatic hydroxyl groups excluding tert-OH is 1. The molecular weight excluding hydrogens is 190 g/mol. The maximum absolute atomic E-state index is 10.7. The van der Waals surface area contributed by atoms with Crippen LogP contribution in [0.4, 0.5) is 0 Å². The first-order chi connectivity index (χ1) is 5.96. The van der Waals surface area contributed by atoms with Crippen LogP contribution in [0.5, 0.6) is 0 Å². The fraction of sp³-hybridized carbons (Fsp3) is 0.500. The van der Waals surface area contributed by atoms with Gasteiger partial charge in [-0.05, 0) is 13.8 Å². The van der Waals surface area contributed by atoms with Gasteiger partial charge in [-0.25, -0.2) is 4.79 Å². The minimum Gasteiger partial charge on any atom is -0.477 e. The van der Waals surface area contributed by atoms with Crippen molar-refractivity contribution in [3.05, 3.63) is 10.6 Å². The van der Waals surface area contributed by atoms with Gasteiger partial charge < -0.3 is 10.2 Å². The number of hydrogen-bond donors (Lipinski definition) is 2. The molecule has 0 amide bonds. The van der Waals surface area contributed by atoms with Gasteiger partial charge in [-0.3, -0.25) is 4.99 Å². The quantitative estimate of drug-likeness (QED) is 0.695. The Labute approximate surface area is 80.4 Å². The van der Waals surface area contributed by atoms with Crippen LogP contribution in [-0.2, 0) is 4.79 Å². The van der Waals surface area contributed by atoms with Crippen molar-refractivity contribution in [1.29, 1.82) is 0 Å². The van der Waals surface area contributed by atoms with E-state index in [-0.39, 0.29) is 22.0 Å². The summed E-state index contributed by atoms with van der Waals surface area (Å²) in [5, 5.41) is 17.6. The summed E-state index contributed by atoms with van der Waals surface area (Å²) in [5.74, 6) is -1.03. The monoisotopic (exact) mass is 201 g/mol. The second-order valence-electron chi connectivity index (χ2n) is 3.20. The Morgan fingerprint density at radius 2 is 2.31 bits per heavy atom. The molecule has 2 N–H and O–H groups in total. The van der Waals surface area contributed by atoms with Crippen molar-refractivity contribution < 1.29 is 15.0 Å². The summed E-state index contributed by atoms with van der Waals surface area (Å²) >= 11 is 1.20. The molecule has 4 nitrogen and oxygen atoms in total. The average molecular weight is 201 g/mol. The molecule has 5 heteroatoms. The molecule has 0 unspecified atom stereocenters. The Hall–Kier alpha value is -0.810. The predicted molar refractivity (Wildman–Crippen MR) is 51.9 cm³/mol. The van der Waals surface area contributed by atoms with Gasteiger partial charge in [0.2, 0.25) is 0 Å². The maximum Gasteiger partial charge on any atom is 0.344 e. The zero-order chi connectivity index (χ0) is 10.1. The van der Waals surface area contributed by atoms with E-state index in [0.29, 0.717) is 0 Å². The van der Waals surface area contributed by atoms with Crippen LogP contribution in [0.15, 0.2) is 15.6 Å². The normalized spacial score (nSPS) is 20.5. The van der Waals surface area contributed by atoms with Crippen molar-refractivity contribution in [3.63, 3.8) is 0 Å². The lowest BCUT2D eigenvalue weighted by atomic mass is 10.2. The molecule has 0 spiro atoms. The lowest BCUT2D eigenvalue weighted by Crippen LogP contribution is -2.23. The lowest BCUT2D eigenvalue weighted by molar-refractivity contribution is -0.131. The number of carboxylic acid groups (broad SMARTS) is 1. The number of hydrogen-bond acceptors (Lipinski definition) is 4. The molecule has 1 aliphatic heterocycles. The molecule has 13 heavy (non-hydrogen) atoms. The third-order valence-corrected chi connectivity index (χ3v) is 2.75. The van der Waals surface area contributed by atoms with Crippen LogP contribution in [0.2, 0.25) is 0 Å². The van der Waals surface area contributed by atoms with Gasteiger partial charge >= 0.3 is 5.97 Å². The van der Waals surface area contributed by atoms with Crippen LogP contribution in [0.3, 0.4) is 0 Å². The first-order valence-electron chi connectivity index (χ1n) is 3.78. The zero-order valence-corrected chi connectivity index (χ0v) is 8.26. The van der Waals surface area contributed by atoms with Gasteiger partial charge in [0.25, 0.3) is 0 Å². The highest BCUT2D eigenvalue weighted by molar-refractivity contribution is 8.05. The van der Waals surface area contributed by atoms with Gasteiger partial charge in [0, 0.05) is 6.21 Å². The Morgan fingerprint density at radius 1 is 1.69 bits per heavy atom. The second-order valence-corrected chi connectivity index (χ2v) is 4.87. The van der Waals surface area contributed by atoms with E-state index in [0.717, 1.165) is 0 Å². The van der Waals surface area contributed by atoms with Gasteiger partial charge in [0.05, 0.1) is 17.1 Å². The smallest absolute Gasteiger partial charge is 0.344 e. The standard InChI is InChI=1S/C8H11NO3S/c1-8(2)4-9-5(3-10)6(13-8)7(11)12/h4,10H,3H2,1-2H3,(H,11,12). The number of aliphatic hydroxyl groups is 1. The Morgan fingerprint density at radius 3 is 2.77 bits per heavy atom. The molecule has 72 valence electrons. The summed E-state index contributed by atoms with van der Waals surface area (Å²) in [6.07, 6.45) is 1.65. The number of carboxylic acids is 1. The Balaban J connectivity index is 3.02. The number of nitrogens with zero attached hydrogens (tertiary/aromatic N) is 1. The van der Waals surface area contributed by atoms with Crippen molar-refractivity contribution in [3.8, 4) is 0 Å². The molecule has 1 heterocycles. The summed E-state index contributed by atoms with van der Waals surface area (Å²) < 4.78 is -0.313. The molecular formula is C8H11NO3S. The van der Waals surface area contributed by atoms with Crippen LogP contribution in [0.25, 0.3) is 0 Å². The second kappa shape index (κ2) is 3.51. The van der Waals surface area contributed by atoms with Gasteiger partial charge in [0.15, 0.2) is 0 Å². The summed E-state index contributed by atoms with van der Waals surface area (Å²) in [6, 6.07) is 0. The number of rotatable bonds is 2. The Bertz CT molecular complexity index is 294. The van der Waals surface area contributed by atoms with Crippen LogP contribution < -0.4 is 0 Å². The largest absolute Gasteiger partial charge is 0.477 e. The van der Waals surface area contributed by atoms with E-state index < -0.39 is 5.97 Å². The van der Waals surface area contributed by atoms with Gasteiger partial charge in [-0.2, -0.15) is 0 Å². The van der Waals surface area contributed by atoms with E-state index in [2.05, 4.69) is 4.99 Å². The minimum absolute atomic E-state index is 0.134. The highest BCUT2D eigenvalue weighted by Gasteiger charge is 2.28. The first-order valence-corrected chi connectivity index (χ1v) is 4.59. The molecule has 0 aromatic rings. The molecule has 0 saturated carbocycles. The summed E-state index contributed by atoms with van der Waals surface area (Å²) in [4.78, 5) is 14.8. The van der Waals surface area contributed by atoms with Crippen LogP contribution in [0.1, 0.15) is 13.8 Å². The number of aliphatic carboxylic acids is 1. The summed E-state index contributed by atoms with van der Waals surface area (Å²) in [5.41, 5.74) is 0.233. The van der Waals surface area contributed by atoms with Crippen molar-refractivity contribution in [2.45, 2.75) is 18.6 Å². The molecule has 0 radical (unpaired) electrons. The average Bonchev–Trinajstić information content (AvgIpc) is 2.03. The van der Waals surface area contributed by atoms with Gasteiger partial charge in [-0.15, -0.1) is 11.8 Å². The Kier molecular flexibility index (Phi) is 2.77. The SMILES string of the molecule is CC1(C)C=NC(CO)=C(C(=O)O)S1. The van der Waals surface area contributed by atoms with Crippen LogP contribution >= 0.6 is 11.8 Å². The zero-order valence-electron chi connectivity index (χ0n) is 7.44. The van der Waals surface area contributed by atoms with E-state index in [1.807, 2.05) is 13.8 Å². The number of carbonyl (C=O) groups is 1. The van der Waals surface area contributed by atoms with Gasteiger partial charge in [0.1, 0.15) is 4.91 Å². The third-order valence-electron chi connectivity index (χ3n) is 1.50. The van der Waals surface area contributed by atoms with Crippen molar-refractivity contribution >= 4 is 23.9 Å². The summed E-state index contributed by atoms with van der Waals surface area (Å²) in [7, 11) is 0. The predicted octanol–water partition coefficient (Wildman–Crippen LogP) is 0.871. The first kappa shape index (κ1) is 10.3. The van der Waals surface area contributed by atoms with E-state index in [1.165, 1.54) is 11.8 Å². The molecule has 1 rings (SSSR count). The molecule has 0 fully saturated rings. The van der Waals surface area contributed by atoms with E-state index in [9.17, 15) is 4.79 Å². The topological polar surface area (TPSA) is 69.9 Å². The van der Waals surface area contributed by atoms with E-state index in [4.69, 9.17) is 10.2 Å². The fourth-order valence-corrected chi connectivity index (χ4v) is 1.87. The summed E-state index contributed by atoms with van der Waals surface area (Å²) in [6.45, 7) is 3.41. The van der Waals surface area contributed by atoms with Crippen LogP contribution in [-0.4, -0.2) is 33.8 Å². The van der Waals surface area contributed by atoms with Crippen LogP contribution in [0, 0.1) is 0 Å². The molecule has 0 aromatic heterocycles. The highest BCUT2D eigenvalue weighted by atomic mass is 32.2. The van der Waals surface area contributed by atoms with Crippen molar-refractivity contribution in [1.82, 2.24) is 0 Å². The molecule has 0 bridgehead atoms. The number of thioether (sulfide) groups is 1. The fourth-order valence-electron chi connectivity index (χ4n) is 0.920. The highest BCUT2D eigenvalue weighted by Crippen LogP contribution is 2.35. The third kappa shape index (κ3) is 2.32. The molecule has 0 atom stereocenters. The minimum atomic E-state index is -1.03. The van der Waals surface area contributed by atoms with E-state index in [1.54, 1.807) is 6.21 Å². The van der Waals surface area contributed by atoms with E-state index >= 15 is 0 Å².